The summed E-state index contributed by atoms with van der Waals surface area (Å²) in [6, 6.07) is 1.68. The predicted molar refractivity (Wildman–Crippen MR) is 108 cm³/mol. The van der Waals surface area contributed by atoms with E-state index in [9.17, 15) is 10.1 Å². The van der Waals surface area contributed by atoms with Crippen molar-refractivity contribution in [2.45, 2.75) is 33.7 Å². The number of aryl methyl sites for hydroxylation is 3. The van der Waals surface area contributed by atoms with Crippen LogP contribution in [0.15, 0.2) is 18.6 Å². The summed E-state index contributed by atoms with van der Waals surface area (Å²) in [4.78, 5) is 25.6. The number of pyridine rings is 1. The Morgan fingerprint density at radius 3 is 2.72 bits per heavy atom. The van der Waals surface area contributed by atoms with E-state index in [1.807, 2.05) is 19.9 Å². The standard InChI is InChI=1S/C18H16N8O2S/c1-8-5-9(2)20-18-13(8)14-15(29-18)17-21-16(23-25(17)7-19-14)11(4)24-6-12(26(27)28)10(3)22-24/h5-7,11H,1-4H3. The molecule has 0 fully saturated rings. The summed E-state index contributed by atoms with van der Waals surface area (Å²) < 4.78 is 4.07. The summed E-state index contributed by atoms with van der Waals surface area (Å²) in [5.74, 6) is 0.509. The topological polar surface area (TPSA) is 117 Å². The van der Waals surface area contributed by atoms with Gasteiger partial charge in [-0.05, 0) is 39.3 Å². The number of hydrogen-bond donors (Lipinski definition) is 0. The van der Waals surface area contributed by atoms with Gasteiger partial charge in [0, 0.05) is 11.1 Å². The summed E-state index contributed by atoms with van der Waals surface area (Å²) >= 11 is 1.54. The zero-order valence-corrected chi connectivity index (χ0v) is 16.9. The van der Waals surface area contributed by atoms with E-state index in [1.165, 1.54) is 10.9 Å². The van der Waals surface area contributed by atoms with Gasteiger partial charge < -0.3 is 0 Å². The fraction of sp³-hybridized carbons (Fsp3) is 0.278. The second kappa shape index (κ2) is 6.01. The molecule has 1 unspecified atom stereocenters. The Hall–Kier alpha value is -3.47. The maximum Gasteiger partial charge on any atom is 0.309 e. The average molecular weight is 408 g/mol. The van der Waals surface area contributed by atoms with E-state index in [2.05, 4.69) is 27.1 Å². The van der Waals surface area contributed by atoms with Gasteiger partial charge in [-0.1, -0.05) is 0 Å². The zero-order chi connectivity index (χ0) is 20.4. The first-order chi connectivity index (χ1) is 13.8. The molecule has 10 nitrogen and oxygen atoms in total. The molecular formula is C18H16N8O2S. The molecule has 146 valence electrons. The Morgan fingerprint density at radius 1 is 1.21 bits per heavy atom. The van der Waals surface area contributed by atoms with Gasteiger partial charge in [-0.2, -0.15) is 5.10 Å². The van der Waals surface area contributed by atoms with Crippen molar-refractivity contribution in [2.75, 3.05) is 0 Å². The number of thiophene rings is 1. The molecular weight excluding hydrogens is 392 g/mol. The molecule has 0 aromatic carbocycles. The fourth-order valence-corrected chi connectivity index (χ4v) is 4.75. The summed E-state index contributed by atoms with van der Waals surface area (Å²) in [7, 11) is 0. The van der Waals surface area contributed by atoms with Crippen LogP contribution >= 0.6 is 11.3 Å². The molecule has 5 aromatic rings. The third-order valence-corrected chi connectivity index (χ3v) is 6.04. The molecule has 29 heavy (non-hydrogen) atoms. The van der Waals surface area contributed by atoms with Crippen LogP contribution in [-0.2, 0) is 0 Å². The summed E-state index contributed by atoms with van der Waals surface area (Å²) in [5, 5.41) is 20.9. The van der Waals surface area contributed by atoms with Crippen molar-refractivity contribution in [3.8, 4) is 0 Å². The molecule has 0 spiro atoms. The first-order valence-corrected chi connectivity index (χ1v) is 9.77. The van der Waals surface area contributed by atoms with Gasteiger partial charge in [0.1, 0.15) is 33.8 Å². The van der Waals surface area contributed by atoms with E-state index in [0.717, 1.165) is 31.7 Å². The van der Waals surface area contributed by atoms with Gasteiger partial charge in [0.05, 0.1) is 10.4 Å². The average Bonchev–Trinajstić information content (AvgIpc) is 3.34. The lowest BCUT2D eigenvalue weighted by Gasteiger charge is -2.06. The number of aromatic nitrogens is 7. The smallest absolute Gasteiger partial charge is 0.258 e. The number of nitro groups is 1. The third kappa shape index (κ3) is 2.58. The molecule has 0 bridgehead atoms. The number of fused-ring (bicyclic) bond motifs is 5. The first-order valence-electron chi connectivity index (χ1n) is 8.95. The SMILES string of the molecule is Cc1cc(C)c2c(n1)sc1c2ncn2nc(C(C)n3cc([N+](=O)[O-])c(C)n3)nc12. The largest absolute Gasteiger partial charge is 0.309 e. The third-order valence-electron chi connectivity index (χ3n) is 4.97. The van der Waals surface area contributed by atoms with Gasteiger partial charge in [0.25, 0.3) is 0 Å². The van der Waals surface area contributed by atoms with Crippen molar-refractivity contribution in [3.05, 3.63) is 51.5 Å². The molecule has 0 aliphatic carbocycles. The minimum absolute atomic E-state index is 0.0221. The molecule has 0 saturated carbocycles. The van der Waals surface area contributed by atoms with Gasteiger partial charge >= 0.3 is 5.69 Å². The van der Waals surface area contributed by atoms with E-state index in [-0.39, 0.29) is 11.7 Å². The second-order valence-corrected chi connectivity index (χ2v) is 8.04. The summed E-state index contributed by atoms with van der Waals surface area (Å²) in [6.07, 6.45) is 3.05. The highest BCUT2D eigenvalue weighted by atomic mass is 32.1. The molecule has 0 N–H and O–H groups in total. The van der Waals surface area contributed by atoms with Crippen molar-refractivity contribution >= 4 is 43.1 Å². The normalized spacial score (nSPS) is 13.0. The Balaban J connectivity index is 1.68. The maximum absolute atomic E-state index is 11.1. The quantitative estimate of drug-likeness (QED) is 0.331. The Labute approximate surface area is 168 Å². The molecule has 0 aliphatic heterocycles. The van der Waals surface area contributed by atoms with E-state index in [0.29, 0.717) is 17.2 Å². The van der Waals surface area contributed by atoms with Crippen LogP contribution in [0.25, 0.3) is 26.1 Å². The van der Waals surface area contributed by atoms with Gasteiger partial charge in [-0.25, -0.2) is 19.5 Å². The molecule has 5 rings (SSSR count). The van der Waals surface area contributed by atoms with E-state index in [1.54, 1.807) is 29.1 Å². The van der Waals surface area contributed by atoms with Gasteiger partial charge in [0.15, 0.2) is 11.5 Å². The lowest BCUT2D eigenvalue weighted by Crippen LogP contribution is -2.09. The molecule has 5 aromatic heterocycles. The highest BCUT2D eigenvalue weighted by molar-refractivity contribution is 7.26. The van der Waals surface area contributed by atoms with E-state index >= 15 is 0 Å². The summed E-state index contributed by atoms with van der Waals surface area (Å²) in [5.41, 5.74) is 3.98. The summed E-state index contributed by atoms with van der Waals surface area (Å²) in [6.45, 7) is 7.50. The lowest BCUT2D eigenvalue weighted by atomic mass is 10.1. The van der Waals surface area contributed by atoms with Crippen molar-refractivity contribution in [3.63, 3.8) is 0 Å². The first kappa shape index (κ1) is 17.6. The number of nitrogens with zero attached hydrogens (tertiary/aromatic N) is 8. The highest BCUT2D eigenvalue weighted by Crippen LogP contribution is 2.35. The lowest BCUT2D eigenvalue weighted by molar-refractivity contribution is -0.385. The van der Waals surface area contributed by atoms with Crippen molar-refractivity contribution in [1.29, 1.82) is 0 Å². The fourth-order valence-electron chi connectivity index (χ4n) is 3.53. The molecule has 0 saturated heterocycles. The maximum atomic E-state index is 11.1. The van der Waals surface area contributed by atoms with Gasteiger partial charge in [-0.3, -0.25) is 14.8 Å². The van der Waals surface area contributed by atoms with Crippen LogP contribution in [0.4, 0.5) is 5.69 Å². The highest BCUT2D eigenvalue weighted by Gasteiger charge is 2.23. The molecule has 11 heteroatoms. The minimum Gasteiger partial charge on any atom is -0.258 e. The van der Waals surface area contributed by atoms with Gasteiger partial charge in [-0.15, -0.1) is 16.4 Å². The van der Waals surface area contributed by atoms with E-state index < -0.39 is 4.92 Å². The van der Waals surface area contributed by atoms with Crippen LogP contribution in [0.1, 0.15) is 35.7 Å². The van der Waals surface area contributed by atoms with Crippen LogP contribution < -0.4 is 0 Å². The van der Waals surface area contributed by atoms with Crippen molar-refractivity contribution in [2.24, 2.45) is 0 Å². The molecule has 0 aliphatic rings. The molecule has 1 atom stereocenters. The van der Waals surface area contributed by atoms with Crippen LogP contribution in [0, 0.1) is 30.9 Å². The monoisotopic (exact) mass is 408 g/mol. The van der Waals surface area contributed by atoms with E-state index in [4.69, 9.17) is 4.98 Å². The molecule has 5 heterocycles. The Bertz CT molecular complexity index is 1450. The number of hydrogen-bond acceptors (Lipinski definition) is 8. The van der Waals surface area contributed by atoms with Crippen LogP contribution in [0.2, 0.25) is 0 Å². The Morgan fingerprint density at radius 2 is 2.00 bits per heavy atom. The van der Waals surface area contributed by atoms with Gasteiger partial charge in [0.2, 0.25) is 0 Å². The molecule has 0 amide bonds. The van der Waals surface area contributed by atoms with Crippen LogP contribution in [0.5, 0.6) is 0 Å². The van der Waals surface area contributed by atoms with Crippen molar-refractivity contribution in [1.82, 2.24) is 34.3 Å². The minimum atomic E-state index is -0.440. The van der Waals surface area contributed by atoms with Crippen LogP contribution in [0.3, 0.4) is 0 Å². The zero-order valence-electron chi connectivity index (χ0n) is 16.1. The Kier molecular flexibility index (Phi) is 3.65. The van der Waals surface area contributed by atoms with Crippen molar-refractivity contribution < 1.29 is 4.92 Å². The second-order valence-electron chi connectivity index (χ2n) is 7.04. The molecule has 0 radical (unpaired) electrons. The number of rotatable bonds is 3. The van der Waals surface area contributed by atoms with Crippen LogP contribution in [-0.4, -0.2) is 39.3 Å². The predicted octanol–water partition coefficient (Wildman–Crippen LogP) is 3.53.